The lowest BCUT2D eigenvalue weighted by atomic mass is 9.74. The lowest BCUT2D eigenvalue weighted by molar-refractivity contribution is -0.384. The van der Waals surface area contributed by atoms with E-state index < -0.39 is 4.92 Å². The Labute approximate surface area is 184 Å². The maximum Gasteiger partial charge on any atom is 0.276 e. The molecule has 1 amide bonds. The van der Waals surface area contributed by atoms with Crippen molar-refractivity contribution in [1.29, 1.82) is 0 Å². The molecule has 1 N–H and O–H groups in total. The summed E-state index contributed by atoms with van der Waals surface area (Å²) >= 11 is 0. The Morgan fingerprint density at radius 3 is 2.38 bits per heavy atom. The number of carbonyl (C=O) groups excluding carboxylic acids is 1. The molecule has 4 saturated heterocycles. The standard InChI is InChI=1S/C22H21N7O3/c30-21-19(17-6-1-2-7-18(17)23-21)24-25-20(15-4-3-5-16(8-15)29(31)32)22-9-26-12-27(10-22)14-28(11-22)13-26/h1-8H,9-14H2,(H,23,24,30)/b25-20+. The molecule has 2 aromatic rings. The summed E-state index contributed by atoms with van der Waals surface area (Å²) in [6.45, 7) is 5.12. The number of benzene rings is 2. The van der Waals surface area contributed by atoms with Crippen molar-refractivity contribution in [2.24, 2.45) is 15.6 Å². The molecule has 162 valence electrons. The van der Waals surface area contributed by atoms with Crippen LogP contribution in [0, 0.1) is 15.5 Å². The first-order valence-corrected chi connectivity index (χ1v) is 10.5. The van der Waals surface area contributed by atoms with Crippen LogP contribution in [0.4, 0.5) is 11.4 Å². The van der Waals surface area contributed by atoms with Gasteiger partial charge in [0.15, 0.2) is 5.71 Å². The van der Waals surface area contributed by atoms with Gasteiger partial charge < -0.3 is 5.32 Å². The summed E-state index contributed by atoms with van der Waals surface area (Å²) in [7, 11) is 0. The second-order valence-electron chi connectivity index (χ2n) is 8.90. The van der Waals surface area contributed by atoms with E-state index in [1.807, 2.05) is 30.3 Å². The third kappa shape index (κ3) is 3.03. The van der Waals surface area contributed by atoms with E-state index in [1.54, 1.807) is 12.1 Å². The van der Waals surface area contributed by atoms with Crippen molar-refractivity contribution < 1.29 is 9.72 Å². The van der Waals surface area contributed by atoms with Crippen LogP contribution in [0.5, 0.6) is 0 Å². The van der Waals surface area contributed by atoms with E-state index in [0.717, 1.165) is 39.6 Å². The predicted octanol–water partition coefficient (Wildman–Crippen LogP) is 1.55. The summed E-state index contributed by atoms with van der Waals surface area (Å²) in [6, 6.07) is 13.9. The SMILES string of the molecule is O=C1Nc2ccccc2/C1=N/N=C(\c1cccc([N+](=O)[O-])c1)C12CN3CN(CN(C3)C1)C2. The van der Waals surface area contributed by atoms with Gasteiger partial charge in [-0.15, -0.1) is 5.10 Å². The second kappa shape index (κ2) is 7.02. The fourth-order valence-electron chi connectivity index (χ4n) is 5.48. The summed E-state index contributed by atoms with van der Waals surface area (Å²) in [5.41, 5.74) is 2.70. The Kier molecular flexibility index (Phi) is 4.22. The molecule has 32 heavy (non-hydrogen) atoms. The number of rotatable bonds is 4. The topological polar surface area (TPSA) is 107 Å². The molecular weight excluding hydrogens is 410 g/mol. The monoisotopic (exact) mass is 431 g/mol. The van der Waals surface area contributed by atoms with Crippen LogP contribution in [-0.2, 0) is 4.79 Å². The van der Waals surface area contributed by atoms with Crippen molar-refractivity contribution in [2.75, 3.05) is 45.0 Å². The molecule has 5 aliphatic rings. The molecule has 0 saturated carbocycles. The van der Waals surface area contributed by atoms with Crippen molar-refractivity contribution in [3.63, 3.8) is 0 Å². The van der Waals surface area contributed by atoms with Gasteiger partial charge in [-0.25, -0.2) is 0 Å². The zero-order valence-electron chi connectivity index (χ0n) is 17.3. The van der Waals surface area contributed by atoms with Crippen LogP contribution in [0.3, 0.4) is 0 Å². The van der Waals surface area contributed by atoms with Crippen molar-refractivity contribution in [3.8, 4) is 0 Å². The van der Waals surface area contributed by atoms with Gasteiger partial charge in [0, 0.05) is 42.9 Å². The van der Waals surface area contributed by atoms with Crippen LogP contribution in [-0.4, -0.2) is 76.6 Å². The van der Waals surface area contributed by atoms with E-state index in [1.165, 1.54) is 6.07 Å². The average Bonchev–Trinajstić information content (AvgIpc) is 3.08. The molecule has 0 aliphatic carbocycles. The van der Waals surface area contributed by atoms with Crippen LogP contribution < -0.4 is 5.32 Å². The van der Waals surface area contributed by atoms with Gasteiger partial charge in [-0.1, -0.05) is 30.3 Å². The lowest BCUT2D eigenvalue weighted by Crippen LogP contribution is -2.74. The van der Waals surface area contributed by atoms with Crippen molar-refractivity contribution in [1.82, 2.24) is 14.7 Å². The number of nitrogens with zero attached hydrogens (tertiary/aromatic N) is 6. The first kappa shape index (κ1) is 19.2. The van der Waals surface area contributed by atoms with Gasteiger partial charge in [-0.2, -0.15) is 5.10 Å². The van der Waals surface area contributed by atoms with Crippen LogP contribution in [0.15, 0.2) is 58.7 Å². The Morgan fingerprint density at radius 1 is 1.00 bits per heavy atom. The molecule has 4 bridgehead atoms. The third-order valence-electron chi connectivity index (χ3n) is 6.51. The molecule has 0 unspecified atom stereocenters. The smallest absolute Gasteiger partial charge is 0.276 e. The molecule has 4 fully saturated rings. The Morgan fingerprint density at radius 2 is 1.69 bits per heavy atom. The maximum atomic E-state index is 12.5. The number of anilines is 1. The molecule has 0 spiro atoms. The number of non-ortho nitro benzene ring substituents is 1. The van der Waals surface area contributed by atoms with Crippen LogP contribution in [0.25, 0.3) is 0 Å². The van der Waals surface area contributed by atoms with Crippen molar-refractivity contribution in [2.45, 2.75) is 0 Å². The number of hydrogen-bond donors (Lipinski definition) is 1. The van der Waals surface area contributed by atoms with E-state index in [2.05, 4.69) is 30.2 Å². The number of nitro groups is 1. The highest BCUT2D eigenvalue weighted by molar-refractivity contribution is 6.53. The minimum Gasteiger partial charge on any atom is -0.320 e. The number of nitro benzene ring substituents is 1. The van der Waals surface area contributed by atoms with Crippen LogP contribution in [0.2, 0.25) is 0 Å². The van der Waals surface area contributed by atoms with Gasteiger partial charge in [0.05, 0.1) is 41.7 Å². The summed E-state index contributed by atoms with van der Waals surface area (Å²) < 4.78 is 0. The van der Waals surface area contributed by atoms with E-state index in [-0.39, 0.29) is 22.7 Å². The highest BCUT2D eigenvalue weighted by atomic mass is 16.6. The normalized spacial score (nSPS) is 31.6. The fourth-order valence-corrected chi connectivity index (χ4v) is 5.48. The van der Waals surface area contributed by atoms with Gasteiger partial charge in [0.25, 0.3) is 11.6 Å². The zero-order chi connectivity index (χ0) is 21.9. The number of hydrogen-bond acceptors (Lipinski definition) is 8. The Hall–Kier alpha value is -3.47. The number of fused-ring (bicyclic) bond motifs is 1. The van der Waals surface area contributed by atoms with Crippen LogP contribution >= 0.6 is 0 Å². The largest absolute Gasteiger partial charge is 0.320 e. The van der Waals surface area contributed by atoms with E-state index >= 15 is 0 Å². The molecule has 5 heterocycles. The lowest BCUT2D eigenvalue weighted by Gasteiger charge is -2.60. The van der Waals surface area contributed by atoms with E-state index in [4.69, 9.17) is 0 Å². The van der Waals surface area contributed by atoms with Gasteiger partial charge >= 0.3 is 0 Å². The third-order valence-corrected chi connectivity index (χ3v) is 6.51. The van der Waals surface area contributed by atoms with Gasteiger partial charge in [-0.05, 0) is 6.07 Å². The summed E-state index contributed by atoms with van der Waals surface area (Å²) in [4.78, 5) is 30.6. The minimum absolute atomic E-state index is 0.0115. The summed E-state index contributed by atoms with van der Waals surface area (Å²) in [6.07, 6.45) is 0. The molecule has 0 atom stereocenters. The highest BCUT2D eigenvalue weighted by Crippen LogP contribution is 2.39. The molecule has 0 radical (unpaired) electrons. The van der Waals surface area contributed by atoms with E-state index in [9.17, 15) is 14.9 Å². The van der Waals surface area contributed by atoms with Gasteiger partial charge in [0.1, 0.15) is 0 Å². The minimum atomic E-state index is -0.399. The highest BCUT2D eigenvalue weighted by Gasteiger charge is 2.52. The molecular formula is C22H21N7O3. The molecule has 0 aromatic heterocycles. The molecule has 5 aliphatic heterocycles. The van der Waals surface area contributed by atoms with Gasteiger partial charge in [0.2, 0.25) is 0 Å². The number of para-hydroxylation sites is 1. The maximum absolute atomic E-state index is 12.5. The van der Waals surface area contributed by atoms with E-state index in [0.29, 0.717) is 22.5 Å². The zero-order valence-corrected chi connectivity index (χ0v) is 17.3. The molecule has 2 aromatic carbocycles. The number of carbonyl (C=O) groups is 1. The molecule has 10 heteroatoms. The van der Waals surface area contributed by atoms with Crippen molar-refractivity contribution >= 4 is 28.7 Å². The average molecular weight is 431 g/mol. The Balaban J connectivity index is 1.49. The molecule has 10 nitrogen and oxygen atoms in total. The first-order chi connectivity index (χ1) is 15.5. The summed E-state index contributed by atoms with van der Waals surface area (Å²) in [5.74, 6) is -0.296. The number of amides is 1. The van der Waals surface area contributed by atoms with Crippen molar-refractivity contribution in [3.05, 3.63) is 69.8 Å². The van der Waals surface area contributed by atoms with Gasteiger partial charge in [-0.3, -0.25) is 29.6 Å². The molecule has 7 rings (SSSR count). The van der Waals surface area contributed by atoms with Crippen LogP contribution in [0.1, 0.15) is 11.1 Å². The Bertz CT molecular complexity index is 1170. The fraction of sp³-hybridized carbons (Fsp3) is 0.318. The summed E-state index contributed by atoms with van der Waals surface area (Å²) in [5, 5.41) is 23.3. The first-order valence-electron chi connectivity index (χ1n) is 10.5. The predicted molar refractivity (Wildman–Crippen MR) is 118 cm³/mol. The number of nitrogens with one attached hydrogen (secondary N) is 1. The quantitative estimate of drug-likeness (QED) is 0.447. The second-order valence-corrected chi connectivity index (χ2v) is 8.90.